The van der Waals surface area contributed by atoms with E-state index >= 15 is 0 Å². The molecule has 2 aromatic heterocycles. The number of aromatic amines is 2. The highest BCUT2D eigenvalue weighted by Gasteiger charge is 2.34. The Labute approximate surface area is 455 Å². The molecule has 25 nitrogen and oxygen atoms in total. The summed E-state index contributed by atoms with van der Waals surface area (Å²) in [6.45, 7) is 7.58. The summed E-state index contributed by atoms with van der Waals surface area (Å²) in [5.41, 5.74) is 14.0. The predicted molar refractivity (Wildman–Crippen MR) is 290 cm³/mol. The number of benzene rings is 2. The van der Waals surface area contributed by atoms with Gasteiger partial charge in [-0.3, -0.25) is 43.2 Å². The number of phenols is 1. The van der Waals surface area contributed by atoms with Crippen LogP contribution in [-0.4, -0.2) is 151 Å². The van der Waals surface area contributed by atoms with E-state index < -0.39 is 120 Å². The predicted octanol–water partition coefficient (Wildman–Crippen LogP) is -0.713. The van der Waals surface area contributed by atoms with E-state index in [0.29, 0.717) is 22.6 Å². The van der Waals surface area contributed by atoms with Crippen LogP contribution < -0.4 is 54.0 Å². The fourth-order valence-corrected chi connectivity index (χ4v) is 8.57. The van der Waals surface area contributed by atoms with Crippen LogP contribution in [0.2, 0.25) is 0 Å². The minimum atomic E-state index is -1.39. The standard InChI is InChI=1S/C52H73N13O12S/c1-27(2)19-39(49(73)62-38(52(76)77)17-18-78-6)63-50(74)41(22-32-24-55-26-58-32)60-43(68)25-57-51(75)44(28(3)4)65-45(69)29(5)59-48(72)40(21-31-23-56-36-10-8-7-9-34(31)36)64-47(71)37(15-16-42(54)67)61-46(70)35(53)20-30-11-13-33(66)14-12-30/h7-14,23-24,26-29,35,37-41,44,56,66H,15-22,25,53H2,1-6H3,(H2,54,67)(H,55,58)(H,57,75)(H,59,72)(H,60,68)(H,61,70)(H,62,73)(H,63,74)(H,64,71)(H,65,69)(H,76,77)/t29-,35-,37-,38-,39-,40-,41-,44-/m0/s1. The topological polar surface area (TPSA) is 404 Å². The summed E-state index contributed by atoms with van der Waals surface area (Å²) in [5, 5.41) is 40.7. The second-order valence-corrected chi connectivity index (χ2v) is 20.6. The number of thioether (sulfide) groups is 1. The van der Waals surface area contributed by atoms with Crippen LogP contribution in [0.25, 0.3) is 10.9 Å². The van der Waals surface area contributed by atoms with Crippen molar-refractivity contribution in [3.63, 3.8) is 0 Å². The largest absolute Gasteiger partial charge is 0.508 e. The van der Waals surface area contributed by atoms with Crippen molar-refractivity contribution < 1.29 is 58.2 Å². The van der Waals surface area contributed by atoms with Gasteiger partial charge in [-0.25, -0.2) is 9.78 Å². The number of aromatic hydroxyl groups is 1. The molecule has 0 fully saturated rings. The van der Waals surface area contributed by atoms with E-state index in [1.165, 1.54) is 43.3 Å². The third kappa shape index (κ3) is 20.2. The molecule has 0 saturated carbocycles. The van der Waals surface area contributed by atoms with Crippen molar-refractivity contribution in [1.29, 1.82) is 0 Å². The van der Waals surface area contributed by atoms with Crippen LogP contribution in [0.15, 0.2) is 67.3 Å². The number of carbonyl (C=O) groups is 10. The number of hydrogen-bond donors (Lipinski definition) is 14. The van der Waals surface area contributed by atoms with Gasteiger partial charge >= 0.3 is 5.97 Å². The second-order valence-electron chi connectivity index (χ2n) is 19.6. The molecule has 78 heavy (non-hydrogen) atoms. The van der Waals surface area contributed by atoms with Gasteiger partial charge in [-0.05, 0) is 85.8 Å². The first-order valence-electron chi connectivity index (χ1n) is 25.4. The number of rotatable bonds is 32. The number of amides is 9. The fraction of sp³-hybridized carbons (Fsp3) is 0.481. The number of aliphatic carboxylic acids is 1. The molecule has 424 valence electrons. The molecule has 0 spiro atoms. The maximum absolute atomic E-state index is 14.2. The summed E-state index contributed by atoms with van der Waals surface area (Å²) < 4.78 is 0. The van der Waals surface area contributed by atoms with Crippen molar-refractivity contribution in [2.75, 3.05) is 18.6 Å². The molecule has 0 aliphatic heterocycles. The molecule has 4 aromatic rings. The third-order valence-corrected chi connectivity index (χ3v) is 13.0. The number of carbonyl (C=O) groups excluding carboxylic acids is 9. The number of hydrogen-bond acceptors (Lipinski definition) is 14. The van der Waals surface area contributed by atoms with Gasteiger partial charge in [0, 0.05) is 48.3 Å². The number of nitrogens with zero attached hydrogens (tertiary/aromatic N) is 1. The van der Waals surface area contributed by atoms with Crippen molar-refractivity contribution in [1.82, 2.24) is 57.5 Å². The Morgan fingerprint density at radius 1 is 0.667 bits per heavy atom. The zero-order chi connectivity index (χ0) is 57.6. The Morgan fingerprint density at radius 2 is 1.28 bits per heavy atom. The zero-order valence-corrected chi connectivity index (χ0v) is 45.3. The number of nitrogens with one attached hydrogen (secondary N) is 10. The number of H-pyrrole nitrogens is 2. The van der Waals surface area contributed by atoms with Gasteiger partial charge in [0.15, 0.2) is 0 Å². The molecule has 9 amide bonds. The number of phenolic OH excluding ortho intramolecular Hbond substituents is 1. The summed E-state index contributed by atoms with van der Waals surface area (Å²) in [5.74, 6) is -8.56. The molecule has 0 unspecified atom stereocenters. The number of fused-ring (bicyclic) bond motifs is 1. The number of carboxylic acids is 1. The lowest BCUT2D eigenvalue weighted by atomic mass is 10.0. The molecular formula is C52H73N13O12S. The van der Waals surface area contributed by atoms with E-state index in [2.05, 4.69) is 57.5 Å². The first kappa shape index (κ1) is 62.5. The average Bonchev–Trinajstić information content (AvgIpc) is 4.07. The number of aromatic nitrogens is 3. The Morgan fingerprint density at radius 3 is 1.91 bits per heavy atom. The van der Waals surface area contributed by atoms with Crippen molar-refractivity contribution >= 4 is 81.8 Å². The first-order valence-corrected chi connectivity index (χ1v) is 26.8. The van der Waals surface area contributed by atoms with Gasteiger partial charge in [-0.15, -0.1) is 0 Å². The van der Waals surface area contributed by atoms with E-state index in [1.54, 1.807) is 56.6 Å². The SMILES string of the molecule is CSCC[C@H](NC(=O)[C@H](CC(C)C)NC(=O)[C@H](Cc1cnc[nH]1)NC(=O)CNC(=O)[C@@H](NC(=O)[C@H](C)NC(=O)[C@H](Cc1c[nH]c2ccccc12)NC(=O)[C@H](CCC(N)=O)NC(=O)[C@@H](N)Cc1ccc(O)cc1)C(C)C)C(=O)O. The summed E-state index contributed by atoms with van der Waals surface area (Å²) in [7, 11) is 0. The highest BCUT2D eigenvalue weighted by atomic mass is 32.2. The second kappa shape index (κ2) is 30.7. The number of para-hydroxylation sites is 1. The highest BCUT2D eigenvalue weighted by molar-refractivity contribution is 7.98. The monoisotopic (exact) mass is 1100 g/mol. The van der Waals surface area contributed by atoms with Crippen LogP contribution in [0, 0.1) is 11.8 Å². The average molecular weight is 1100 g/mol. The normalized spacial score (nSPS) is 14.3. The lowest BCUT2D eigenvalue weighted by Gasteiger charge is -2.27. The highest BCUT2D eigenvalue weighted by Crippen LogP contribution is 2.20. The lowest BCUT2D eigenvalue weighted by Crippen LogP contribution is -2.59. The van der Waals surface area contributed by atoms with Gasteiger partial charge in [-0.1, -0.05) is 58.0 Å². The van der Waals surface area contributed by atoms with Gasteiger partial charge in [0.05, 0.1) is 18.9 Å². The van der Waals surface area contributed by atoms with Gasteiger partial charge in [0.2, 0.25) is 53.2 Å². The van der Waals surface area contributed by atoms with Gasteiger partial charge < -0.3 is 74.2 Å². The number of primary amides is 1. The zero-order valence-electron chi connectivity index (χ0n) is 44.5. The van der Waals surface area contributed by atoms with E-state index in [9.17, 15) is 58.2 Å². The van der Waals surface area contributed by atoms with Crippen LogP contribution in [0.4, 0.5) is 0 Å². The molecule has 0 saturated heterocycles. The Hall–Kier alpha value is -8.00. The molecule has 0 radical (unpaired) electrons. The quantitative estimate of drug-likeness (QED) is 0.0287. The molecule has 4 rings (SSSR count). The first-order chi connectivity index (χ1) is 36.9. The van der Waals surface area contributed by atoms with E-state index in [0.717, 1.165) is 10.9 Å². The smallest absolute Gasteiger partial charge is 0.326 e. The maximum atomic E-state index is 14.2. The Bertz CT molecular complexity index is 2700. The van der Waals surface area contributed by atoms with Crippen LogP contribution in [0.1, 0.15) is 77.1 Å². The van der Waals surface area contributed by atoms with E-state index in [4.69, 9.17) is 11.5 Å². The molecule has 16 N–H and O–H groups in total. The summed E-state index contributed by atoms with van der Waals surface area (Å²) in [6.07, 6.45) is 5.78. The minimum Gasteiger partial charge on any atom is -0.508 e. The summed E-state index contributed by atoms with van der Waals surface area (Å²) >= 11 is 1.41. The molecule has 0 bridgehead atoms. The maximum Gasteiger partial charge on any atom is 0.326 e. The Balaban J connectivity index is 1.45. The molecular weight excluding hydrogens is 1030 g/mol. The van der Waals surface area contributed by atoms with Crippen LogP contribution >= 0.6 is 11.8 Å². The number of nitrogens with two attached hydrogens (primary N) is 2. The van der Waals surface area contributed by atoms with E-state index in [-0.39, 0.29) is 56.6 Å². The van der Waals surface area contributed by atoms with Crippen LogP contribution in [0.5, 0.6) is 5.75 Å². The third-order valence-electron chi connectivity index (χ3n) is 12.4. The summed E-state index contributed by atoms with van der Waals surface area (Å²) in [6, 6.07) is 3.03. The Kier molecular flexibility index (Phi) is 24.6. The van der Waals surface area contributed by atoms with Gasteiger partial charge in [0.1, 0.15) is 48.0 Å². The molecule has 0 aliphatic carbocycles. The van der Waals surface area contributed by atoms with Crippen LogP contribution in [0.3, 0.4) is 0 Å². The molecule has 26 heteroatoms. The van der Waals surface area contributed by atoms with Crippen molar-refractivity contribution in [3.8, 4) is 5.75 Å². The van der Waals surface area contributed by atoms with Crippen molar-refractivity contribution in [2.45, 2.75) is 128 Å². The minimum absolute atomic E-state index is 0.0121. The fourth-order valence-electron chi connectivity index (χ4n) is 8.10. The summed E-state index contributed by atoms with van der Waals surface area (Å²) in [4.78, 5) is 143. The number of carboxylic acid groups (broad SMARTS) is 1. The number of imidazole rings is 1. The van der Waals surface area contributed by atoms with E-state index in [1.807, 2.05) is 19.9 Å². The van der Waals surface area contributed by atoms with Gasteiger partial charge in [0.25, 0.3) is 0 Å². The van der Waals surface area contributed by atoms with Crippen molar-refractivity contribution in [3.05, 3.63) is 84.1 Å². The molecule has 8 atom stereocenters. The molecule has 2 heterocycles. The lowest BCUT2D eigenvalue weighted by molar-refractivity contribution is -0.142. The van der Waals surface area contributed by atoms with Crippen LogP contribution in [-0.2, 0) is 67.2 Å². The van der Waals surface area contributed by atoms with Gasteiger partial charge in [-0.2, -0.15) is 11.8 Å². The molecule has 2 aromatic carbocycles. The molecule has 0 aliphatic rings. The van der Waals surface area contributed by atoms with Crippen molar-refractivity contribution in [2.24, 2.45) is 23.3 Å².